The maximum absolute atomic E-state index is 12.2. The smallest absolute Gasteiger partial charge is 0.305 e. The van der Waals surface area contributed by atoms with Gasteiger partial charge in [0.2, 0.25) is 0 Å². The number of benzene rings is 2. The molecule has 1 amide bonds. The van der Waals surface area contributed by atoms with Crippen molar-refractivity contribution in [3.63, 3.8) is 0 Å². The number of anilines is 1. The highest BCUT2D eigenvalue weighted by molar-refractivity contribution is 7.80. The lowest BCUT2D eigenvalue weighted by atomic mass is 10.1. The van der Waals surface area contributed by atoms with Crippen molar-refractivity contribution in [2.24, 2.45) is 0 Å². The fourth-order valence-corrected chi connectivity index (χ4v) is 2.72. The van der Waals surface area contributed by atoms with E-state index >= 15 is 0 Å². The number of rotatable bonds is 3. The third kappa shape index (κ3) is 4.87. The van der Waals surface area contributed by atoms with Crippen molar-refractivity contribution >= 4 is 40.5 Å². The third-order valence-electron chi connectivity index (χ3n) is 3.89. The SMILES string of the molecule is Cc1ccc(C)c(NC(=S)NNC(=O)c2ccc(-c3ccc(Cl)cc3)o2)c1. The van der Waals surface area contributed by atoms with E-state index in [1.165, 1.54) is 0 Å². The lowest BCUT2D eigenvalue weighted by Crippen LogP contribution is -2.43. The van der Waals surface area contributed by atoms with Crippen LogP contribution in [0.2, 0.25) is 5.02 Å². The molecule has 5 nitrogen and oxygen atoms in total. The normalized spacial score (nSPS) is 10.3. The van der Waals surface area contributed by atoms with Crippen LogP contribution in [0.3, 0.4) is 0 Å². The number of carbonyl (C=O) groups excluding carboxylic acids is 1. The molecule has 2 aromatic carbocycles. The Hall–Kier alpha value is -2.83. The molecule has 0 saturated carbocycles. The lowest BCUT2D eigenvalue weighted by Gasteiger charge is -2.13. The molecule has 0 aliphatic carbocycles. The number of furan rings is 1. The molecule has 0 saturated heterocycles. The Morgan fingerprint density at radius 3 is 2.48 bits per heavy atom. The van der Waals surface area contributed by atoms with Gasteiger partial charge in [-0.25, -0.2) is 0 Å². The number of hydrogen-bond acceptors (Lipinski definition) is 3. The minimum atomic E-state index is -0.430. The summed E-state index contributed by atoms with van der Waals surface area (Å²) in [4.78, 5) is 12.2. The van der Waals surface area contributed by atoms with E-state index in [0.29, 0.717) is 10.8 Å². The van der Waals surface area contributed by atoms with Crippen LogP contribution in [-0.2, 0) is 0 Å². The van der Waals surface area contributed by atoms with Gasteiger partial charge in [-0.1, -0.05) is 23.7 Å². The molecule has 0 atom stereocenters. The second-order valence-corrected chi connectivity index (χ2v) is 6.87. The summed E-state index contributed by atoms with van der Waals surface area (Å²) in [5.74, 6) is 0.315. The zero-order valence-corrected chi connectivity index (χ0v) is 16.4. The van der Waals surface area contributed by atoms with E-state index in [1.54, 1.807) is 24.3 Å². The minimum absolute atomic E-state index is 0.169. The molecule has 0 spiro atoms. The van der Waals surface area contributed by atoms with Crippen molar-refractivity contribution < 1.29 is 9.21 Å². The Morgan fingerprint density at radius 2 is 1.74 bits per heavy atom. The Kier molecular flexibility index (Phi) is 5.78. The number of hydrogen-bond donors (Lipinski definition) is 3. The molecule has 0 unspecified atom stereocenters. The fourth-order valence-electron chi connectivity index (χ4n) is 2.43. The van der Waals surface area contributed by atoms with Gasteiger partial charge in [0.15, 0.2) is 10.9 Å². The van der Waals surface area contributed by atoms with Crippen LogP contribution in [0.1, 0.15) is 21.7 Å². The van der Waals surface area contributed by atoms with Crippen molar-refractivity contribution in [3.8, 4) is 11.3 Å². The summed E-state index contributed by atoms with van der Waals surface area (Å²) < 4.78 is 5.60. The molecule has 138 valence electrons. The highest BCUT2D eigenvalue weighted by atomic mass is 35.5. The van der Waals surface area contributed by atoms with E-state index in [0.717, 1.165) is 22.4 Å². The van der Waals surface area contributed by atoms with E-state index in [9.17, 15) is 4.79 Å². The van der Waals surface area contributed by atoms with Crippen LogP contribution < -0.4 is 16.2 Å². The molecule has 3 rings (SSSR count). The average molecular weight is 400 g/mol. The molecule has 0 aliphatic heterocycles. The second-order valence-electron chi connectivity index (χ2n) is 6.02. The summed E-state index contributed by atoms with van der Waals surface area (Å²) >= 11 is 11.1. The molecule has 3 N–H and O–H groups in total. The molecule has 0 radical (unpaired) electrons. The molecular weight excluding hydrogens is 382 g/mol. The number of hydrazine groups is 1. The Labute approximate surface area is 167 Å². The predicted octanol–water partition coefficient (Wildman–Crippen LogP) is 4.85. The van der Waals surface area contributed by atoms with Crippen molar-refractivity contribution in [3.05, 3.63) is 76.5 Å². The van der Waals surface area contributed by atoms with Crippen molar-refractivity contribution in [2.75, 3.05) is 5.32 Å². The number of nitrogens with one attached hydrogen (secondary N) is 3. The largest absolute Gasteiger partial charge is 0.451 e. The van der Waals surface area contributed by atoms with Crippen LogP contribution in [0.5, 0.6) is 0 Å². The van der Waals surface area contributed by atoms with Crippen molar-refractivity contribution in [1.82, 2.24) is 10.9 Å². The molecular formula is C20H18ClN3O2S. The maximum Gasteiger partial charge on any atom is 0.305 e. The predicted molar refractivity (Wildman–Crippen MR) is 112 cm³/mol. The second kappa shape index (κ2) is 8.24. The molecule has 7 heteroatoms. The van der Waals surface area contributed by atoms with Crippen molar-refractivity contribution in [1.29, 1.82) is 0 Å². The average Bonchev–Trinajstić information content (AvgIpc) is 3.13. The maximum atomic E-state index is 12.2. The van der Waals surface area contributed by atoms with Gasteiger partial charge in [-0.3, -0.25) is 15.6 Å². The third-order valence-corrected chi connectivity index (χ3v) is 4.35. The summed E-state index contributed by atoms with van der Waals surface area (Å²) in [5, 5.41) is 3.97. The van der Waals surface area contributed by atoms with E-state index < -0.39 is 5.91 Å². The van der Waals surface area contributed by atoms with Gasteiger partial charge in [-0.05, 0) is 79.7 Å². The topological polar surface area (TPSA) is 66.3 Å². The molecule has 1 aromatic heterocycles. The van der Waals surface area contributed by atoms with Crippen LogP contribution >= 0.6 is 23.8 Å². The van der Waals surface area contributed by atoms with Gasteiger partial charge < -0.3 is 9.73 Å². The highest BCUT2D eigenvalue weighted by Gasteiger charge is 2.12. The van der Waals surface area contributed by atoms with Gasteiger partial charge >= 0.3 is 5.91 Å². The van der Waals surface area contributed by atoms with Crippen LogP contribution in [0.25, 0.3) is 11.3 Å². The Balaban J connectivity index is 1.58. The first kappa shape index (κ1) is 18.9. The number of carbonyl (C=O) groups is 1. The highest BCUT2D eigenvalue weighted by Crippen LogP contribution is 2.23. The van der Waals surface area contributed by atoms with Crippen LogP contribution in [0.4, 0.5) is 5.69 Å². The molecule has 27 heavy (non-hydrogen) atoms. The first-order chi connectivity index (χ1) is 12.9. The van der Waals surface area contributed by atoms with Gasteiger partial charge in [0.25, 0.3) is 0 Å². The van der Waals surface area contributed by atoms with Crippen LogP contribution in [0.15, 0.2) is 59.0 Å². The molecule has 3 aromatic rings. The van der Waals surface area contributed by atoms with Crippen molar-refractivity contribution in [2.45, 2.75) is 13.8 Å². The summed E-state index contributed by atoms with van der Waals surface area (Å²) in [7, 11) is 0. The zero-order chi connectivity index (χ0) is 19.4. The van der Waals surface area contributed by atoms with E-state index in [2.05, 4.69) is 16.2 Å². The van der Waals surface area contributed by atoms with Gasteiger partial charge in [0.1, 0.15) is 5.76 Å². The molecule has 0 bridgehead atoms. The molecule has 0 fully saturated rings. The minimum Gasteiger partial charge on any atom is -0.451 e. The monoisotopic (exact) mass is 399 g/mol. The number of aryl methyl sites for hydroxylation is 2. The summed E-state index contributed by atoms with van der Waals surface area (Å²) in [5.41, 5.74) is 9.07. The Morgan fingerprint density at radius 1 is 1.00 bits per heavy atom. The quantitative estimate of drug-likeness (QED) is 0.434. The van der Waals surface area contributed by atoms with E-state index in [-0.39, 0.29) is 10.9 Å². The zero-order valence-electron chi connectivity index (χ0n) is 14.8. The Bertz CT molecular complexity index is 983. The first-order valence-corrected chi connectivity index (χ1v) is 9.01. The standard InChI is InChI=1S/C20H18ClN3O2S/c1-12-3-4-13(2)16(11-12)22-20(27)24-23-19(25)18-10-9-17(26-18)14-5-7-15(21)8-6-14/h3-11H,1-2H3,(H,23,25)(H2,22,24,27). The summed E-state index contributed by atoms with van der Waals surface area (Å²) in [6.07, 6.45) is 0. The van der Waals surface area contributed by atoms with Crippen LogP contribution in [0, 0.1) is 13.8 Å². The van der Waals surface area contributed by atoms with E-state index in [4.69, 9.17) is 28.2 Å². The van der Waals surface area contributed by atoms with Gasteiger partial charge in [-0.2, -0.15) is 0 Å². The number of amides is 1. The van der Waals surface area contributed by atoms with Gasteiger partial charge in [0, 0.05) is 16.3 Å². The summed E-state index contributed by atoms with van der Waals surface area (Å²) in [6.45, 7) is 3.97. The lowest BCUT2D eigenvalue weighted by molar-refractivity contribution is 0.0917. The van der Waals surface area contributed by atoms with Gasteiger partial charge in [-0.15, -0.1) is 0 Å². The first-order valence-electron chi connectivity index (χ1n) is 8.23. The number of halogens is 1. The van der Waals surface area contributed by atoms with Gasteiger partial charge in [0.05, 0.1) is 0 Å². The fraction of sp³-hybridized carbons (Fsp3) is 0.100. The molecule has 1 heterocycles. The molecule has 0 aliphatic rings. The van der Waals surface area contributed by atoms with E-state index in [1.807, 2.05) is 44.2 Å². The summed E-state index contributed by atoms with van der Waals surface area (Å²) in [6, 6.07) is 16.5. The van der Waals surface area contributed by atoms with Crippen LogP contribution in [-0.4, -0.2) is 11.0 Å². The number of thiocarbonyl (C=S) groups is 1.